The first-order valence-electron chi connectivity index (χ1n) is 8.66. The molecule has 2 aromatic carbocycles. The van der Waals surface area contributed by atoms with Gasteiger partial charge in [-0.2, -0.15) is 5.26 Å². The van der Waals surface area contributed by atoms with Crippen molar-refractivity contribution >= 4 is 10.9 Å². The molecule has 1 aliphatic heterocycles. The Kier molecular flexibility index (Phi) is 4.34. The van der Waals surface area contributed by atoms with Gasteiger partial charge in [-0.3, -0.25) is 9.36 Å². The summed E-state index contributed by atoms with van der Waals surface area (Å²) in [6, 6.07) is 11.3. The summed E-state index contributed by atoms with van der Waals surface area (Å²) in [6.07, 6.45) is 1.77. The lowest BCUT2D eigenvalue weighted by Gasteiger charge is -2.18. The first kappa shape index (κ1) is 17.2. The van der Waals surface area contributed by atoms with Gasteiger partial charge in [-0.05, 0) is 55.8 Å². The van der Waals surface area contributed by atoms with E-state index < -0.39 is 11.4 Å². The third-order valence-corrected chi connectivity index (χ3v) is 4.78. The second kappa shape index (κ2) is 6.82. The maximum Gasteiger partial charge on any atom is 0.266 e. The lowest BCUT2D eigenvalue weighted by atomic mass is 10.1. The summed E-state index contributed by atoms with van der Waals surface area (Å²) in [6.45, 7) is 0.817. The Morgan fingerprint density at radius 1 is 1.33 bits per heavy atom. The average Bonchev–Trinajstić information content (AvgIpc) is 3.23. The van der Waals surface area contributed by atoms with E-state index in [-0.39, 0.29) is 22.5 Å². The molecule has 2 heterocycles. The molecule has 1 atom stereocenters. The molecule has 3 aromatic rings. The van der Waals surface area contributed by atoms with E-state index in [1.165, 1.54) is 10.6 Å². The summed E-state index contributed by atoms with van der Waals surface area (Å²) in [7, 11) is 1.57. The SMILES string of the molecule is COc1ccc(-n2c([C@@H]3CCCN3)nc3c(F)cc(C#N)cc3c2=O)cc1. The Morgan fingerprint density at radius 2 is 2.11 bits per heavy atom. The van der Waals surface area contributed by atoms with Crippen LogP contribution in [-0.4, -0.2) is 23.2 Å². The molecule has 6 nitrogen and oxygen atoms in total. The van der Waals surface area contributed by atoms with Crippen LogP contribution in [0.1, 0.15) is 30.3 Å². The monoisotopic (exact) mass is 364 g/mol. The van der Waals surface area contributed by atoms with Crippen LogP contribution in [0, 0.1) is 17.1 Å². The van der Waals surface area contributed by atoms with Crippen LogP contribution in [0.3, 0.4) is 0 Å². The number of halogens is 1. The van der Waals surface area contributed by atoms with Gasteiger partial charge in [-0.15, -0.1) is 0 Å². The van der Waals surface area contributed by atoms with Crippen LogP contribution >= 0.6 is 0 Å². The fraction of sp³-hybridized carbons (Fsp3) is 0.250. The van der Waals surface area contributed by atoms with Crippen LogP contribution in [0.2, 0.25) is 0 Å². The number of aromatic nitrogens is 2. The predicted octanol–water partition coefficient (Wildman–Crippen LogP) is 2.83. The van der Waals surface area contributed by atoms with Crippen LogP contribution in [0.25, 0.3) is 16.6 Å². The molecule has 136 valence electrons. The Balaban J connectivity index is 2.04. The number of hydrogen-bond donors (Lipinski definition) is 1. The zero-order valence-corrected chi connectivity index (χ0v) is 14.7. The van der Waals surface area contributed by atoms with E-state index in [9.17, 15) is 9.18 Å². The van der Waals surface area contributed by atoms with Crippen LogP contribution in [0.4, 0.5) is 4.39 Å². The normalized spacial score (nSPS) is 16.4. The summed E-state index contributed by atoms with van der Waals surface area (Å²) in [5.74, 6) is 0.472. The first-order chi connectivity index (χ1) is 13.1. The summed E-state index contributed by atoms with van der Waals surface area (Å²) < 4.78 is 21.2. The smallest absolute Gasteiger partial charge is 0.266 e. The van der Waals surface area contributed by atoms with Crippen LogP contribution < -0.4 is 15.6 Å². The largest absolute Gasteiger partial charge is 0.497 e. The summed E-state index contributed by atoms with van der Waals surface area (Å²) in [5.41, 5.74) is 0.297. The molecule has 27 heavy (non-hydrogen) atoms. The summed E-state index contributed by atoms with van der Waals surface area (Å²) >= 11 is 0. The van der Waals surface area contributed by atoms with E-state index in [1.807, 2.05) is 6.07 Å². The fourth-order valence-corrected chi connectivity index (χ4v) is 3.45. The number of benzene rings is 2. The maximum absolute atomic E-state index is 14.5. The quantitative estimate of drug-likeness (QED) is 0.773. The van der Waals surface area contributed by atoms with E-state index in [2.05, 4.69) is 10.3 Å². The molecule has 0 saturated carbocycles. The highest BCUT2D eigenvalue weighted by Crippen LogP contribution is 2.26. The molecular formula is C20H17FN4O2. The highest BCUT2D eigenvalue weighted by molar-refractivity contribution is 5.80. The molecule has 7 heteroatoms. The molecule has 1 N–H and O–H groups in total. The minimum Gasteiger partial charge on any atom is -0.497 e. The van der Waals surface area contributed by atoms with Crippen molar-refractivity contribution in [1.29, 1.82) is 5.26 Å². The molecule has 0 amide bonds. The van der Waals surface area contributed by atoms with Gasteiger partial charge >= 0.3 is 0 Å². The zero-order valence-electron chi connectivity index (χ0n) is 14.7. The molecule has 4 rings (SSSR count). The number of methoxy groups -OCH3 is 1. The van der Waals surface area contributed by atoms with Crippen LogP contribution in [0.15, 0.2) is 41.2 Å². The number of nitrogens with zero attached hydrogens (tertiary/aromatic N) is 3. The van der Waals surface area contributed by atoms with Crippen molar-refractivity contribution < 1.29 is 9.13 Å². The van der Waals surface area contributed by atoms with Gasteiger partial charge in [0.15, 0.2) is 5.82 Å². The van der Waals surface area contributed by atoms with Crippen molar-refractivity contribution in [3.05, 3.63) is 64.0 Å². The van der Waals surface area contributed by atoms with E-state index in [0.29, 0.717) is 17.3 Å². The topological polar surface area (TPSA) is 79.9 Å². The van der Waals surface area contributed by atoms with Gasteiger partial charge < -0.3 is 10.1 Å². The summed E-state index contributed by atoms with van der Waals surface area (Å²) in [5, 5.41) is 12.5. The second-order valence-electron chi connectivity index (χ2n) is 6.42. The zero-order chi connectivity index (χ0) is 19.0. The Labute approximate surface area is 154 Å². The number of rotatable bonds is 3. The van der Waals surface area contributed by atoms with Crippen LogP contribution in [-0.2, 0) is 0 Å². The van der Waals surface area contributed by atoms with Crippen molar-refractivity contribution in [2.24, 2.45) is 0 Å². The number of nitriles is 1. The number of hydrogen-bond acceptors (Lipinski definition) is 5. The van der Waals surface area contributed by atoms with Crippen molar-refractivity contribution in [2.45, 2.75) is 18.9 Å². The van der Waals surface area contributed by atoms with E-state index in [0.717, 1.165) is 25.5 Å². The highest BCUT2D eigenvalue weighted by Gasteiger charge is 2.25. The van der Waals surface area contributed by atoms with Crippen molar-refractivity contribution in [3.8, 4) is 17.5 Å². The van der Waals surface area contributed by atoms with Gasteiger partial charge in [-0.1, -0.05) is 0 Å². The molecule has 0 radical (unpaired) electrons. The summed E-state index contributed by atoms with van der Waals surface area (Å²) in [4.78, 5) is 17.8. The van der Waals surface area contributed by atoms with E-state index >= 15 is 0 Å². The second-order valence-corrected chi connectivity index (χ2v) is 6.42. The van der Waals surface area contributed by atoms with Gasteiger partial charge in [0.05, 0.1) is 35.9 Å². The van der Waals surface area contributed by atoms with Gasteiger partial charge in [0, 0.05) is 0 Å². The molecule has 1 fully saturated rings. The maximum atomic E-state index is 14.5. The standard InChI is InChI=1S/C20H17FN4O2/c1-27-14-6-4-13(5-7-14)25-19(17-3-2-8-23-17)24-18-15(20(25)26)9-12(11-22)10-16(18)21/h4-7,9-10,17,23H,2-3,8H2,1H3/t17-/m0/s1. The van der Waals surface area contributed by atoms with Crippen molar-refractivity contribution in [2.75, 3.05) is 13.7 Å². The number of ether oxygens (including phenoxy) is 1. The molecule has 0 unspecified atom stereocenters. The number of nitrogens with one attached hydrogen (secondary N) is 1. The minimum atomic E-state index is -0.665. The molecule has 1 aromatic heterocycles. The lowest BCUT2D eigenvalue weighted by molar-refractivity contribution is 0.414. The predicted molar refractivity (Wildman–Crippen MR) is 98.5 cm³/mol. The van der Waals surface area contributed by atoms with Crippen molar-refractivity contribution in [1.82, 2.24) is 14.9 Å². The molecule has 0 bridgehead atoms. The Bertz CT molecular complexity index is 1110. The van der Waals surface area contributed by atoms with Crippen LogP contribution in [0.5, 0.6) is 5.75 Å². The molecule has 1 aliphatic rings. The fourth-order valence-electron chi connectivity index (χ4n) is 3.45. The lowest BCUT2D eigenvalue weighted by Crippen LogP contribution is -2.29. The van der Waals surface area contributed by atoms with E-state index in [4.69, 9.17) is 10.00 Å². The minimum absolute atomic E-state index is 0.00698. The van der Waals surface area contributed by atoms with Gasteiger partial charge in [0.25, 0.3) is 5.56 Å². The first-order valence-corrected chi connectivity index (χ1v) is 8.66. The molecular weight excluding hydrogens is 347 g/mol. The van der Waals surface area contributed by atoms with Gasteiger partial charge in [0.2, 0.25) is 0 Å². The Hall–Kier alpha value is -3.24. The highest BCUT2D eigenvalue weighted by atomic mass is 19.1. The van der Waals surface area contributed by atoms with Crippen molar-refractivity contribution in [3.63, 3.8) is 0 Å². The Morgan fingerprint density at radius 3 is 2.74 bits per heavy atom. The van der Waals surface area contributed by atoms with Gasteiger partial charge in [0.1, 0.15) is 17.1 Å². The third kappa shape index (κ3) is 2.94. The molecule has 1 saturated heterocycles. The number of fused-ring (bicyclic) bond motifs is 1. The molecule has 0 aliphatic carbocycles. The average molecular weight is 364 g/mol. The molecule has 0 spiro atoms. The third-order valence-electron chi connectivity index (χ3n) is 4.78. The van der Waals surface area contributed by atoms with Gasteiger partial charge in [-0.25, -0.2) is 9.37 Å². The van der Waals surface area contributed by atoms with E-state index in [1.54, 1.807) is 31.4 Å².